The zero-order valence-corrected chi connectivity index (χ0v) is 33.4. The summed E-state index contributed by atoms with van der Waals surface area (Å²) < 4.78 is 47.2. The van der Waals surface area contributed by atoms with Crippen LogP contribution in [0.25, 0.3) is 0 Å². The summed E-state index contributed by atoms with van der Waals surface area (Å²) in [6, 6.07) is -1.15. The molecule has 0 spiro atoms. The van der Waals surface area contributed by atoms with Crippen LogP contribution in [0.2, 0.25) is 0 Å². The third-order valence-corrected chi connectivity index (χ3v) is 9.63. The molecule has 14 heteroatoms. The van der Waals surface area contributed by atoms with E-state index in [9.17, 15) is 38.7 Å². The summed E-state index contributed by atoms with van der Waals surface area (Å²) in [5, 5.41) is 54.8. The lowest BCUT2D eigenvalue weighted by atomic mass is 9.99. The van der Waals surface area contributed by atoms with Crippen molar-refractivity contribution in [2.45, 2.75) is 185 Å². The van der Waals surface area contributed by atoms with E-state index in [-0.39, 0.29) is 6.42 Å². The first-order valence-corrected chi connectivity index (χ1v) is 21.5. The number of rotatable bonds is 32. The molecule has 0 saturated carbocycles. The SMILES string of the molecule is CCCC/C=C\CCCCCC(O)C(=O)NC(COC1OC(CO)C(O)C(OS(=O)(=O)O)C1O)C(O)/C=C/CC/C=C/CC/C=C/CCCCCCCC. The Bertz CT molecular complexity index is 1180. The van der Waals surface area contributed by atoms with Gasteiger partial charge in [-0.2, -0.15) is 8.42 Å². The summed E-state index contributed by atoms with van der Waals surface area (Å²) in [6.07, 6.45) is 23.7. The Morgan fingerprint density at radius 1 is 0.741 bits per heavy atom. The lowest BCUT2D eigenvalue weighted by molar-refractivity contribution is -0.298. The molecule has 0 aromatic heterocycles. The normalized spacial score (nSPS) is 22.9. The van der Waals surface area contributed by atoms with E-state index in [0.717, 1.165) is 64.2 Å². The molecule has 1 rings (SSSR count). The van der Waals surface area contributed by atoms with Crippen LogP contribution in [0.4, 0.5) is 0 Å². The highest BCUT2D eigenvalue weighted by molar-refractivity contribution is 7.80. The van der Waals surface area contributed by atoms with Gasteiger partial charge >= 0.3 is 10.4 Å². The fourth-order valence-corrected chi connectivity index (χ4v) is 6.39. The molecule has 0 bridgehead atoms. The third-order valence-electron chi connectivity index (χ3n) is 9.17. The maximum absolute atomic E-state index is 13.0. The monoisotopic (exact) mass is 789 g/mol. The van der Waals surface area contributed by atoms with E-state index in [2.05, 4.69) is 59.8 Å². The number of aliphatic hydroxyl groups is 5. The molecule has 7 N–H and O–H groups in total. The lowest BCUT2D eigenvalue weighted by Crippen LogP contribution is -2.61. The molecule has 8 unspecified atom stereocenters. The molecule has 1 saturated heterocycles. The number of unbranched alkanes of at least 4 members (excludes halogenated alkanes) is 13. The maximum atomic E-state index is 13.0. The summed E-state index contributed by atoms with van der Waals surface area (Å²) in [6.45, 7) is 3.07. The van der Waals surface area contributed by atoms with Crippen molar-refractivity contribution in [2.24, 2.45) is 0 Å². The number of nitrogens with one attached hydrogen (secondary N) is 1. The Kier molecular flexibility index (Phi) is 28.9. The quantitative estimate of drug-likeness (QED) is 0.0255. The second-order valence-corrected chi connectivity index (χ2v) is 15.0. The largest absolute Gasteiger partial charge is 0.397 e. The fourth-order valence-electron chi connectivity index (χ4n) is 5.88. The van der Waals surface area contributed by atoms with Gasteiger partial charge in [0.15, 0.2) is 6.29 Å². The molecule has 314 valence electrons. The van der Waals surface area contributed by atoms with E-state index in [1.807, 2.05) is 0 Å². The topological polar surface area (TPSA) is 212 Å². The molecule has 8 atom stereocenters. The number of aliphatic hydroxyl groups excluding tert-OH is 5. The number of carbonyl (C=O) groups excluding carboxylic acids is 1. The van der Waals surface area contributed by atoms with Crippen LogP contribution in [0.15, 0.2) is 48.6 Å². The van der Waals surface area contributed by atoms with Gasteiger partial charge in [-0.3, -0.25) is 9.35 Å². The molecule has 1 aliphatic heterocycles. The van der Waals surface area contributed by atoms with Crippen molar-refractivity contribution in [3.05, 3.63) is 48.6 Å². The van der Waals surface area contributed by atoms with Crippen LogP contribution in [0.1, 0.15) is 136 Å². The second kappa shape index (κ2) is 31.1. The smallest absolute Gasteiger partial charge is 0.394 e. The summed E-state index contributed by atoms with van der Waals surface area (Å²) in [7, 11) is -5.12. The van der Waals surface area contributed by atoms with Crippen molar-refractivity contribution in [3.63, 3.8) is 0 Å². The molecule has 1 amide bonds. The second-order valence-electron chi connectivity index (χ2n) is 14.0. The van der Waals surface area contributed by atoms with Gasteiger partial charge in [-0.25, -0.2) is 4.18 Å². The first-order valence-electron chi connectivity index (χ1n) is 20.1. The van der Waals surface area contributed by atoms with Crippen molar-refractivity contribution >= 4 is 16.3 Å². The highest BCUT2D eigenvalue weighted by Crippen LogP contribution is 2.26. The number of hydrogen-bond donors (Lipinski definition) is 7. The van der Waals surface area contributed by atoms with Crippen molar-refractivity contribution in [1.82, 2.24) is 5.32 Å². The van der Waals surface area contributed by atoms with Gasteiger partial charge in [0, 0.05) is 0 Å². The lowest BCUT2D eigenvalue weighted by Gasteiger charge is -2.41. The van der Waals surface area contributed by atoms with Gasteiger partial charge < -0.3 is 40.3 Å². The van der Waals surface area contributed by atoms with E-state index < -0.39 is 78.5 Å². The Labute approximate surface area is 324 Å². The minimum absolute atomic E-state index is 0.210. The van der Waals surface area contributed by atoms with Crippen molar-refractivity contribution in [3.8, 4) is 0 Å². The Balaban J connectivity index is 2.73. The number of allylic oxidation sites excluding steroid dienone is 7. The van der Waals surface area contributed by atoms with Crippen molar-refractivity contribution in [2.75, 3.05) is 13.2 Å². The van der Waals surface area contributed by atoms with Crippen LogP contribution >= 0.6 is 0 Å². The van der Waals surface area contributed by atoms with Gasteiger partial charge in [0.25, 0.3) is 0 Å². The van der Waals surface area contributed by atoms with Crippen LogP contribution in [-0.2, 0) is 28.9 Å². The minimum Gasteiger partial charge on any atom is -0.394 e. The first-order chi connectivity index (χ1) is 25.9. The first kappa shape index (κ1) is 50.0. The Morgan fingerprint density at radius 2 is 1.26 bits per heavy atom. The van der Waals surface area contributed by atoms with E-state index in [1.54, 1.807) is 6.08 Å². The predicted octanol–water partition coefficient (Wildman–Crippen LogP) is 5.51. The zero-order valence-electron chi connectivity index (χ0n) is 32.6. The summed E-state index contributed by atoms with van der Waals surface area (Å²) in [4.78, 5) is 13.0. The van der Waals surface area contributed by atoms with E-state index in [4.69, 9.17) is 14.0 Å². The standard InChI is InChI=1S/C40H71NO12S/c1-3-5-7-9-11-13-14-15-16-17-18-19-21-22-24-26-28-33(43)32(41-39(47)34(44)29-27-25-23-20-12-10-8-6-4-2)31-51-40-37(46)38(53-54(48,49)50)36(45)35(30-42)52-40/h10,12,15-16,19,21,26,28,32-38,40,42-46H,3-9,11,13-14,17-18,20,22-25,27,29-31H2,1-2H3,(H,41,47)(H,48,49,50)/b12-10-,16-15+,21-19+,28-26+. The zero-order chi connectivity index (χ0) is 40.0. The number of amides is 1. The van der Waals surface area contributed by atoms with Gasteiger partial charge in [-0.05, 0) is 64.2 Å². The molecule has 1 aliphatic rings. The summed E-state index contributed by atoms with van der Waals surface area (Å²) in [5.41, 5.74) is 0. The third kappa shape index (κ3) is 23.8. The molecule has 0 radical (unpaired) electrons. The molecule has 54 heavy (non-hydrogen) atoms. The molecular formula is C40H71NO12S. The van der Waals surface area contributed by atoms with Crippen LogP contribution in [-0.4, -0.2) is 107 Å². The van der Waals surface area contributed by atoms with Crippen LogP contribution < -0.4 is 5.32 Å². The van der Waals surface area contributed by atoms with Gasteiger partial charge in [-0.15, -0.1) is 0 Å². The molecule has 1 heterocycles. The Morgan fingerprint density at radius 3 is 1.83 bits per heavy atom. The van der Waals surface area contributed by atoms with Crippen molar-refractivity contribution in [1.29, 1.82) is 0 Å². The predicted molar refractivity (Wildman–Crippen MR) is 210 cm³/mol. The van der Waals surface area contributed by atoms with Gasteiger partial charge in [0.1, 0.15) is 30.5 Å². The molecular weight excluding hydrogens is 719 g/mol. The number of ether oxygens (including phenoxy) is 2. The molecule has 0 aromatic rings. The van der Waals surface area contributed by atoms with E-state index >= 15 is 0 Å². The summed E-state index contributed by atoms with van der Waals surface area (Å²) in [5.74, 6) is -0.735. The van der Waals surface area contributed by atoms with Crippen LogP contribution in [0, 0.1) is 0 Å². The Hall–Kier alpha value is -1.98. The molecule has 0 aromatic carbocycles. The molecule has 13 nitrogen and oxygen atoms in total. The molecule has 1 fully saturated rings. The minimum atomic E-state index is -5.12. The molecule has 0 aliphatic carbocycles. The van der Waals surface area contributed by atoms with Crippen molar-refractivity contribution < 1.29 is 57.0 Å². The number of hydrogen-bond acceptors (Lipinski definition) is 11. The summed E-state index contributed by atoms with van der Waals surface area (Å²) >= 11 is 0. The average Bonchev–Trinajstić information content (AvgIpc) is 3.14. The van der Waals surface area contributed by atoms with Crippen LogP contribution in [0.5, 0.6) is 0 Å². The maximum Gasteiger partial charge on any atom is 0.397 e. The number of carbonyl (C=O) groups is 1. The highest BCUT2D eigenvalue weighted by atomic mass is 32.3. The average molecular weight is 790 g/mol. The van der Waals surface area contributed by atoms with E-state index in [1.165, 1.54) is 44.6 Å². The van der Waals surface area contributed by atoms with Crippen LogP contribution in [0.3, 0.4) is 0 Å². The van der Waals surface area contributed by atoms with Gasteiger partial charge in [-0.1, -0.05) is 120 Å². The van der Waals surface area contributed by atoms with Gasteiger partial charge in [0.05, 0.1) is 25.4 Å². The van der Waals surface area contributed by atoms with E-state index in [0.29, 0.717) is 12.8 Å². The fraction of sp³-hybridized carbons (Fsp3) is 0.775. The highest BCUT2D eigenvalue weighted by Gasteiger charge is 2.48. The van der Waals surface area contributed by atoms with Gasteiger partial charge in [0.2, 0.25) is 5.91 Å².